The molecule has 3 N–H and O–H groups in total. The summed E-state index contributed by atoms with van der Waals surface area (Å²) in [5.74, 6) is 1.40. The number of nitrogens with two attached hydrogens (primary N) is 1. The van der Waals surface area contributed by atoms with Gasteiger partial charge in [0.15, 0.2) is 5.82 Å². The molecule has 0 aromatic carbocycles. The van der Waals surface area contributed by atoms with Crippen LogP contribution < -0.4 is 5.73 Å². The maximum Gasteiger partial charge on any atom is 0.175 e. The van der Waals surface area contributed by atoms with Crippen molar-refractivity contribution in [2.24, 2.45) is 5.73 Å². The third-order valence-corrected chi connectivity index (χ3v) is 1.27. The van der Waals surface area contributed by atoms with Gasteiger partial charge in [0.1, 0.15) is 5.82 Å². The van der Waals surface area contributed by atoms with Gasteiger partial charge in [0.05, 0.1) is 0 Å². The number of allylic oxidation sites excluding steroid dienone is 2. The fourth-order valence-electron chi connectivity index (χ4n) is 0.814. The molecule has 1 aromatic heterocycles. The van der Waals surface area contributed by atoms with Crippen LogP contribution in [0, 0.1) is 6.92 Å². The van der Waals surface area contributed by atoms with E-state index in [-0.39, 0.29) is 0 Å². The van der Waals surface area contributed by atoms with Crippen LogP contribution in [0.4, 0.5) is 0 Å². The summed E-state index contributed by atoms with van der Waals surface area (Å²) in [6.45, 7) is 3.75. The fraction of sp³-hybridized carbons (Fsp3) is 0.250. The van der Waals surface area contributed by atoms with Crippen LogP contribution >= 0.6 is 0 Å². The van der Waals surface area contributed by atoms with Gasteiger partial charge < -0.3 is 5.73 Å². The van der Waals surface area contributed by atoms with Gasteiger partial charge in [-0.1, -0.05) is 6.08 Å². The second-order valence-corrected chi connectivity index (χ2v) is 2.42. The lowest BCUT2D eigenvalue weighted by Crippen LogP contribution is -1.92. The predicted molar refractivity (Wildman–Crippen MR) is 48.1 cm³/mol. The van der Waals surface area contributed by atoms with Gasteiger partial charge in [-0.15, -0.1) is 0 Å². The van der Waals surface area contributed by atoms with E-state index < -0.39 is 0 Å². The Morgan fingerprint density at radius 1 is 1.58 bits per heavy atom. The Balaban J connectivity index is 2.80. The molecule has 0 aliphatic rings. The maximum absolute atomic E-state index is 5.61. The molecule has 1 rings (SSSR count). The lowest BCUT2D eigenvalue weighted by Gasteiger charge is -1.87. The second-order valence-electron chi connectivity index (χ2n) is 2.42. The molecule has 4 nitrogen and oxygen atoms in total. The average molecular weight is 164 g/mol. The summed E-state index contributed by atoms with van der Waals surface area (Å²) >= 11 is 0. The molecule has 0 unspecified atom stereocenters. The molecule has 1 aromatic rings. The van der Waals surface area contributed by atoms with Gasteiger partial charge in [0, 0.05) is 11.8 Å². The van der Waals surface area contributed by atoms with E-state index in [0.29, 0.717) is 11.5 Å². The van der Waals surface area contributed by atoms with E-state index in [1.54, 1.807) is 12.2 Å². The smallest absolute Gasteiger partial charge is 0.175 e. The van der Waals surface area contributed by atoms with E-state index in [4.69, 9.17) is 5.73 Å². The van der Waals surface area contributed by atoms with Gasteiger partial charge in [-0.2, -0.15) is 5.10 Å². The highest BCUT2D eigenvalue weighted by atomic mass is 15.2. The Morgan fingerprint density at radius 3 is 2.83 bits per heavy atom. The molecule has 0 spiro atoms. The summed E-state index contributed by atoms with van der Waals surface area (Å²) in [4.78, 5) is 4.08. The highest BCUT2D eigenvalue weighted by molar-refractivity contribution is 5.47. The maximum atomic E-state index is 5.61. The van der Waals surface area contributed by atoms with Crippen LogP contribution in [0.1, 0.15) is 18.6 Å². The van der Waals surface area contributed by atoms with Crippen molar-refractivity contribution < 1.29 is 0 Å². The standard InChI is InChI=1S/C8H12N4/c1-3-4-7(9)5-8-10-6(2)11-12-8/h3-5H,9H2,1-2H3,(H,10,11,12)/b4-3-,7-5+. The minimum absolute atomic E-state index is 0.614. The third-order valence-electron chi connectivity index (χ3n) is 1.27. The Bertz CT molecular complexity index is 309. The Morgan fingerprint density at radius 2 is 2.33 bits per heavy atom. The Hall–Kier alpha value is -1.58. The van der Waals surface area contributed by atoms with Crippen LogP contribution in [0.5, 0.6) is 0 Å². The van der Waals surface area contributed by atoms with Gasteiger partial charge in [-0.3, -0.25) is 5.10 Å². The number of H-pyrrole nitrogens is 1. The minimum Gasteiger partial charge on any atom is -0.399 e. The molecule has 0 aliphatic heterocycles. The average Bonchev–Trinajstić information content (AvgIpc) is 2.36. The molecular formula is C8H12N4. The van der Waals surface area contributed by atoms with Crippen LogP contribution in [0.2, 0.25) is 0 Å². The van der Waals surface area contributed by atoms with Gasteiger partial charge in [-0.25, -0.2) is 4.98 Å². The number of rotatable bonds is 2. The highest BCUT2D eigenvalue weighted by Gasteiger charge is 1.94. The topological polar surface area (TPSA) is 67.6 Å². The van der Waals surface area contributed by atoms with E-state index in [0.717, 1.165) is 5.82 Å². The van der Waals surface area contributed by atoms with E-state index in [2.05, 4.69) is 15.2 Å². The van der Waals surface area contributed by atoms with Crippen LogP contribution in [-0.2, 0) is 0 Å². The summed E-state index contributed by atoms with van der Waals surface area (Å²) in [6, 6.07) is 0. The lowest BCUT2D eigenvalue weighted by atomic mass is 10.3. The molecule has 0 aliphatic carbocycles. The number of nitrogens with one attached hydrogen (secondary N) is 1. The highest BCUT2D eigenvalue weighted by Crippen LogP contribution is 1.97. The number of aryl methyl sites for hydroxylation is 1. The molecule has 0 atom stereocenters. The molecular weight excluding hydrogens is 152 g/mol. The zero-order valence-corrected chi connectivity index (χ0v) is 7.20. The van der Waals surface area contributed by atoms with Gasteiger partial charge >= 0.3 is 0 Å². The van der Waals surface area contributed by atoms with E-state index in [9.17, 15) is 0 Å². The Labute approximate surface area is 71.2 Å². The third kappa shape index (κ3) is 2.23. The number of hydrogen-bond acceptors (Lipinski definition) is 3. The fourth-order valence-corrected chi connectivity index (χ4v) is 0.814. The molecule has 0 saturated carbocycles. The summed E-state index contributed by atoms with van der Waals surface area (Å²) in [6.07, 6.45) is 5.38. The first-order valence-electron chi connectivity index (χ1n) is 3.71. The van der Waals surface area contributed by atoms with E-state index in [1.165, 1.54) is 0 Å². The van der Waals surface area contributed by atoms with Crippen LogP contribution in [-0.4, -0.2) is 15.2 Å². The number of hydrogen-bond donors (Lipinski definition) is 2. The monoisotopic (exact) mass is 164 g/mol. The van der Waals surface area contributed by atoms with Crippen molar-refractivity contribution in [1.29, 1.82) is 0 Å². The quantitative estimate of drug-likeness (QED) is 0.640. The van der Waals surface area contributed by atoms with E-state index >= 15 is 0 Å². The summed E-state index contributed by atoms with van der Waals surface area (Å²) in [5, 5.41) is 6.64. The summed E-state index contributed by atoms with van der Waals surface area (Å²) < 4.78 is 0. The summed E-state index contributed by atoms with van der Waals surface area (Å²) in [7, 11) is 0. The predicted octanol–water partition coefficient (Wildman–Crippen LogP) is 0.989. The van der Waals surface area contributed by atoms with Crippen LogP contribution in [0.25, 0.3) is 6.08 Å². The van der Waals surface area contributed by atoms with Crippen molar-refractivity contribution in [2.75, 3.05) is 0 Å². The van der Waals surface area contributed by atoms with Crippen LogP contribution in [0.3, 0.4) is 0 Å². The van der Waals surface area contributed by atoms with Gasteiger partial charge in [0.2, 0.25) is 0 Å². The first-order chi connectivity index (χ1) is 5.72. The van der Waals surface area contributed by atoms with Gasteiger partial charge in [-0.05, 0) is 19.9 Å². The zero-order chi connectivity index (χ0) is 8.97. The molecule has 0 radical (unpaired) electrons. The normalized spacial score (nSPS) is 12.7. The molecule has 0 bridgehead atoms. The minimum atomic E-state index is 0.614. The molecule has 64 valence electrons. The Kier molecular flexibility index (Phi) is 2.63. The van der Waals surface area contributed by atoms with Gasteiger partial charge in [0.25, 0.3) is 0 Å². The zero-order valence-electron chi connectivity index (χ0n) is 7.20. The van der Waals surface area contributed by atoms with Crippen molar-refractivity contribution >= 4 is 6.08 Å². The number of aromatic amines is 1. The van der Waals surface area contributed by atoms with Crippen molar-refractivity contribution in [1.82, 2.24) is 15.2 Å². The molecule has 1 heterocycles. The molecule has 0 fully saturated rings. The van der Waals surface area contributed by atoms with Crippen molar-refractivity contribution in [3.63, 3.8) is 0 Å². The van der Waals surface area contributed by atoms with Crippen molar-refractivity contribution in [3.05, 3.63) is 29.5 Å². The summed E-state index contributed by atoms with van der Waals surface area (Å²) in [5.41, 5.74) is 6.26. The molecule has 12 heavy (non-hydrogen) atoms. The largest absolute Gasteiger partial charge is 0.399 e. The molecule has 4 heteroatoms. The SMILES string of the molecule is C/C=C\C(N)=C/c1n[nH]c(C)n1. The van der Waals surface area contributed by atoms with Crippen molar-refractivity contribution in [3.8, 4) is 0 Å². The first-order valence-corrected chi connectivity index (χ1v) is 3.71. The number of nitrogens with zero attached hydrogens (tertiary/aromatic N) is 2. The van der Waals surface area contributed by atoms with Crippen LogP contribution in [0.15, 0.2) is 17.8 Å². The van der Waals surface area contributed by atoms with E-state index in [1.807, 2.05) is 19.9 Å². The molecule has 0 amide bonds. The van der Waals surface area contributed by atoms with Crippen molar-refractivity contribution in [2.45, 2.75) is 13.8 Å². The lowest BCUT2D eigenvalue weighted by molar-refractivity contribution is 1.03. The second kappa shape index (κ2) is 3.71. The number of aromatic nitrogens is 3. The first kappa shape index (κ1) is 8.52. The molecule has 0 saturated heterocycles.